The molecule has 1 fully saturated rings. The molecule has 88 valence electrons. The zero-order valence-electron chi connectivity index (χ0n) is 9.49. The average molecular weight is 241 g/mol. The minimum absolute atomic E-state index is 0.260. The van der Waals surface area contributed by atoms with Gasteiger partial charge in [0, 0.05) is 13.1 Å². The summed E-state index contributed by atoms with van der Waals surface area (Å²) in [6, 6.07) is 0. The van der Waals surface area contributed by atoms with Gasteiger partial charge in [0.2, 0.25) is 5.28 Å². The Morgan fingerprint density at radius 3 is 2.88 bits per heavy atom. The highest BCUT2D eigenvalue weighted by Crippen LogP contribution is 2.30. The highest BCUT2D eigenvalue weighted by molar-refractivity contribution is 6.28. The molecule has 1 aromatic rings. The standard InChI is InChI=1S/C11H17ClN4/c1-2-16(7-8-4-3-5-8)10-9(13)6-14-11(12)15-10/h6,8H,2-5,7,13H2,1H3. The van der Waals surface area contributed by atoms with Crippen molar-refractivity contribution in [3.8, 4) is 0 Å². The van der Waals surface area contributed by atoms with Crippen LogP contribution >= 0.6 is 11.6 Å². The van der Waals surface area contributed by atoms with Crippen molar-refractivity contribution >= 4 is 23.1 Å². The Morgan fingerprint density at radius 2 is 2.31 bits per heavy atom. The summed E-state index contributed by atoms with van der Waals surface area (Å²) < 4.78 is 0. The van der Waals surface area contributed by atoms with E-state index in [1.165, 1.54) is 19.3 Å². The van der Waals surface area contributed by atoms with Crippen LogP contribution in [0.25, 0.3) is 0 Å². The number of nitrogens with two attached hydrogens (primary N) is 1. The predicted octanol–water partition coefficient (Wildman–Crippen LogP) is 2.34. The summed E-state index contributed by atoms with van der Waals surface area (Å²) in [5.74, 6) is 1.56. The van der Waals surface area contributed by atoms with E-state index >= 15 is 0 Å². The van der Waals surface area contributed by atoms with Crippen LogP contribution in [-0.4, -0.2) is 23.1 Å². The number of rotatable bonds is 4. The molecule has 5 heteroatoms. The van der Waals surface area contributed by atoms with Gasteiger partial charge in [-0.3, -0.25) is 0 Å². The van der Waals surface area contributed by atoms with Crippen LogP contribution in [0.15, 0.2) is 6.20 Å². The van der Waals surface area contributed by atoms with Gasteiger partial charge in [0.05, 0.1) is 11.9 Å². The fourth-order valence-electron chi connectivity index (χ4n) is 1.97. The first kappa shape index (κ1) is 11.5. The van der Waals surface area contributed by atoms with E-state index in [1.807, 2.05) is 0 Å². The van der Waals surface area contributed by atoms with E-state index in [0.29, 0.717) is 5.69 Å². The number of aromatic nitrogens is 2. The SMILES string of the molecule is CCN(CC1CCC1)c1nc(Cl)ncc1N. The maximum atomic E-state index is 5.88. The molecule has 0 aromatic carbocycles. The summed E-state index contributed by atoms with van der Waals surface area (Å²) in [7, 11) is 0. The molecule has 1 aromatic heterocycles. The van der Waals surface area contributed by atoms with Crippen LogP contribution in [0.2, 0.25) is 5.28 Å². The molecule has 0 atom stereocenters. The smallest absolute Gasteiger partial charge is 0.224 e. The molecule has 0 aliphatic heterocycles. The Kier molecular flexibility index (Phi) is 3.49. The number of hydrogen-bond donors (Lipinski definition) is 1. The van der Waals surface area contributed by atoms with Gasteiger partial charge >= 0.3 is 0 Å². The molecular weight excluding hydrogens is 224 g/mol. The molecule has 16 heavy (non-hydrogen) atoms. The van der Waals surface area contributed by atoms with E-state index < -0.39 is 0 Å². The fraction of sp³-hybridized carbons (Fsp3) is 0.636. The molecule has 0 bridgehead atoms. The van der Waals surface area contributed by atoms with Crippen molar-refractivity contribution in [3.05, 3.63) is 11.5 Å². The van der Waals surface area contributed by atoms with Gasteiger partial charge in [-0.25, -0.2) is 4.98 Å². The van der Waals surface area contributed by atoms with Gasteiger partial charge in [0.15, 0.2) is 5.82 Å². The van der Waals surface area contributed by atoms with Crippen LogP contribution in [0, 0.1) is 5.92 Å². The average Bonchev–Trinajstić information content (AvgIpc) is 2.21. The fourth-order valence-corrected chi connectivity index (χ4v) is 2.10. The molecule has 0 radical (unpaired) electrons. The highest BCUT2D eigenvalue weighted by atomic mass is 35.5. The summed E-state index contributed by atoms with van der Waals surface area (Å²) in [4.78, 5) is 10.3. The summed E-state index contributed by atoms with van der Waals surface area (Å²) in [5.41, 5.74) is 6.48. The molecule has 0 spiro atoms. The lowest BCUT2D eigenvalue weighted by atomic mass is 9.85. The van der Waals surface area contributed by atoms with Crippen LogP contribution in [0.4, 0.5) is 11.5 Å². The van der Waals surface area contributed by atoms with Crippen LogP contribution in [0.3, 0.4) is 0 Å². The topological polar surface area (TPSA) is 55.0 Å². The number of nitrogens with zero attached hydrogens (tertiary/aromatic N) is 3. The van der Waals surface area contributed by atoms with Crippen molar-refractivity contribution in [1.29, 1.82) is 0 Å². The summed E-state index contributed by atoms with van der Waals surface area (Å²) in [6.45, 7) is 4.02. The molecule has 0 saturated heterocycles. The van der Waals surface area contributed by atoms with Crippen molar-refractivity contribution in [1.82, 2.24) is 9.97 Å². The molecule has 0 amide bonds. The van der Waals surface area contributed by atoms with Crippen molar-refractivity contribution in [2.24, 2.45) is 5.92 Å². The van der Waals surface area contributed by atoms with Gasteiger partial charge in [-0.1, -0.05) is 6.42 Å². The Balaban J connectivity index is 2.14. The third-order valence-electron chi connectivity index (χ3n) is 3.15. The van der Waals surface area contributed by atoms with Crippen molar-refractivity contribution in [2.45, 2.75) is 26.2 Å². The maximum absolute atomic E-state index is 5.88. The second-order valence-electron chi connectivity index (χ2n) is 4.25. The number of anilines is 2. The molecular formula is C11H17ClN4. The maximum Gasteiger partial charge on any atom is 0.224 e. The third kappa shape index (κ3) is 2.38. The van der Waals surface area contributed by atoms with E-state index in [4.69, 9.17) is 17.3 Å². The lowest BCUT2D eigenvalue weighted by Gasteiger charge is -2.32. The van der Waals surface area contributed by atoms with Gasteiger partial charge in [-0.2, -0.15) is 4.98 Å². The van der Waals surface area contributed by atoms with Gasteiger partial charge in [0.1, 0.15) is 0 Å². The molecule has 2 N–H and O–H groups in total. The molecule has 2 rings (SSSR count). The molecule has 1 aliphatic carbocycles. The van der Waals surface area contributed by atoms with Gasteiger partial charge in [-0.15, -0.1) is 0 Å². The largest absolute Gasteiger partial charge is 0.394 e. The molecule has 1 aliphatic rings. The summed E-state index contributed by atoms with van der Waals surface area (Å²) >= 11 is 5.80. The molecule has 1 heterocycles. The third-order valence-corrected chi connectivity index (χ3v) is 3.33. The Labute approximate surface area is 101 Å². The second kappa shape index (κ2) is 4.87. The van der Waals surface area contributed by atoms with Crippen LogP contribution in [0.1, 0.15) is 26.2 Å². The van der Waals surface area contributed by atoms with E-state index in [2.05, 4.69) is 21.8 Å². The zero-order valence-corrected chi connectivity index (χ0v) is 10.2. The molecule has 1 saturated carbocycles. The minimum Gasteiger partial charge on any atom is -0.394 e. The number of nitrogen functional groups attached to an aromatic ring is 1. The number of hydrogen-bond acceptors (Lipinski definition) is 4. The van der Waals surface area contributed by atoms with E-state index in [9.17, 15) is 0 Å². The van der Waals surface area contributed by atoms with Crippen molar-refractivity contribution in [2.75, 3.05) is 23.7 Å². The first-order valence-corrected chi connectivity index (χ1v) is 6.11. The zero-order chi connectivity index (χ0) is 11.5. The highest BCUT2D eigenvalue weighted by Gasteiger charge is 2.22. The van der Waals surface area contributed by atoms with E-state index in [-0.39, 0.29) is 5.28 Å². The summed E-state index contributed by atoms with van der Waals surface area (Å²) in [5, 5.41) is 0.260. The van der Waals surface area contributed by atoms with Crippen molar-refractivity contribution < 1.29 is 0 Å². The first-order valence-electron chi connectivity index (χ1n) is 5.73. The van der Waals surface area contributed by atoms with Gasteiger partial charge in [-0.05, 0) is 37.3 Å². The van der Waals surface area contributed by atoms with Gasteiger partial charge < -0.3 is 10.6 Å². The van der Waals surface area contributed by atoms with E-state index in [1.54, 1.807) is 6.20 Å². The van der Waals surface area contributed by atoms with Crippen LogP contribution in [-0.2, 0) is 0 Å². The van der Waals surface area contributed by atoms with Gasteiger partial charge in [0.25, 0.3) is 0 Å². The first-order chi connectivity index (χ1) is 7.70. The Bertz CT molecular complexity index is 365. The molecule has 4 nitrogen and oxygen atoms in total. The lowest BCUT2D eigenvalue weighted by molar-refractivity contribution is 0.318. The normalized spacial score (nSPS) is 15.9. The van der Waals surface area contributed by atoms with Crippen LogP contribution in [0.5, 0.6) is 0 Å². The second-order valence-corrected chi connectivity index (χ2v) is 4.59. The lowest BCUT2D eigenvalue weighted by Crippen LogP contribution is -2.33. The monoisotopic (exact) mass is 240 g/mol. The Hall–Kier alpha value is -1.03. The van der Waals surface area contributed by atoms with E-state index in [0.717, 1.165) is 24.8 Å². The minimum atomic E-state index is 0.260. The predicted molar refractivity (Wildman–Crippen MR) is 66.7 cm³/mol. The van der Waals surface area contributed by atoms with Crippen molar-refractivity contribution in [3.63, 3.8) is 0 Å². The Morgan fingerprint density at radius 1 is 1.56 bits per heavy atom. The molecule has 0 unspecified atom stereocenters. The number of halogens is 1. The summed E-state index contributed by atoms with van der Waals surface area (Å²) in [6.07, 6.45) is 5.56. The quantitative estimate of drug-likeness (QED) is 0.821. The van der Waals surface area contributed by atoms with Crippen LogP contribution < -0.4 is 10.6 Å².